The van der Waals surface area contributed by atoms with Gasteiger partial charge in [0.25, 0.3) is 0 Å². The van der Waals surface area contributed by atoms with Gasteiger partial charge in [0.15, 0.2) is 10.9 Å². The molecule has 30 heavy (non-hydrogen) atoms. The smallest absolute Gasteiger partial charge is 0.237 e. The second-order valence-corrected chi connectivity index (χ2v) is 9.11. The molecule has 1 fully saturated rings. The van der Waals surface area contributed by atoms with E-state index in [4.69, 9.17) is 8.94 Å². The molecule has 3 heterocycles. The summed E-state index contributed by atoms with van der Waals surface area (Å²) in [4.78, 5) is 4.54. The number of rotatable bonds is 6. The maximum absolute atomic E-state index is 5.61. The van der Waals surface area contributed by atoms with Gasteiger partial charge in [0, 0.05) is 16.1 Å². The van der Waals surface area contributed by atoms with E-state index in [0.717, 1.165) is 39.6 Å². The monoisotopic (exact) mass is 485 g/mol. The molecular weight excluding hydrogens is 466 g/mol. The molecule has 0 aliphatic heterocycles. The van der Waals surface area contributed by atoms with Crippen molar-refractivity contribution in [1.82, 2.24) is 24.9 Å². The number of halogens is 1. The molecule has 1 aliphatic rings. The van der Waals surface area contributed by atoms with Crippen LogP contribution in [0.1, 0.15) is 44.0 Å². The van der Waals surface area contributed by atoms with Gasteiger partial charge in [-0.1, -0.05) is 64.2 Å². The second kappa shape index (κ2) is 8.77. The normalized spacial score (nSPS) is 15.0. The number of furan rings is 1. The van der Waals surface area contributed by atoms with E-state index in [0.29, 0.717) is 23.5 Å². The summed E-state index contributed by atoms with van der Waals surface area (Å²) < 4.78 is 14.3. The first-order chi connectivity index (χ1) is 14.8. The van der Waals surface area contributed by atoms with Crippen LogP contribution < -0.4 is 0 Å². The molecule has 0 N–H and O–H groups in total. The Morgan fingerprint density at radius 3 is 2.80 bits per heavy atom. The van der Waals surface area contributed by atoms with Crippen LogP contribution in [-0.4, -0.2) is 24.9 Å². The molecule has 0 unspecified atom stereocenters. The van der Waals surface area contributed by atoms with Crippen LogP contribution in [-0.2, 0) is 5.75 Å². The van der Waals surface area contributed by atoms with Crippen LogP contribution in [0, 0.1) is 0 Å². The number of thioether (sulfide) groups is 1. The highest BCUT2D eigenvalue weighted by Gasteiger charge is 2.25. The fourth-order valence-corrected chi connectivity index (χ4v) is 5.04. The third-order valence-electron chi connectivity index (χ3n) is 5.22. The molecule has 0 radical (unpaired) electrons. The highest BCUT2D eigenvalue weighted by molar-refractivity contribution is 9.10. The molecule has 154 valence electrons. The molecule has 1 aromatic carbocycles. The standard InChI is InChI=1S/C21H20BrN5O2S/c22-15-7-4-6-14(12-15)19-23-18(29-26-19)13-30-21-25-24-20(17-10-5-11-28-17)27(21)16-8-2-1-3-9-16/h4-7,10-12,16H,1-3,8-9,13H2. The number of nitrogens with zero attached hydrogens (tertiary/aromatic N) is 5. The molecule has 0 bridgehead atoms. The van der Waals surface area contributed by atoms with E-state index in [1.807, 2.05) is 36.4 Å². The molecule has 1 saturated carbocycles. The summed E-state index contributed by atoms with van der Waals surface area (Å²) >= 11 is 5.04. The Bertz CT molecular complexity index is 1120. The quantitative estimate of drug-likeness (QED) is 0.303. The van der Waals surface area contributed by atoms with Crippen molar-refractivity contribution in [3.8, 4) is 23.0 Å². The van der Waals surface area contributed by atoms with Crippen LogP contribution in [0.5, 0.6) is 0 Å². The molecule has 3 aromatic heterocycles. The number of hydrogen-bond acceptors (Lipinski definition) is 7. The first-order valence-electron chi connectivity index (χ1n) is 9.98. The van der Waals surface area contributed by atoms with E-state index >= 15 is 0 Å². The van der Waals surface area contributed by atoms with E-state index in [1.165, 1.54) is 19.3 Å². The molecule has 5 rings (SSSR count). The van der Waals surface area contributed by atoms with Crippen molar-refractivity contribution >= 4 is 27.7 Å². The predicted octanol–water partition coefficient (Wildman–Crippen LogP) is 6.15. The van der Waals surface area contributed by atoms with Gasteiger partial charge in [-0.05, 0) is 37.1 Å². The Hall–Kier alpha value is -2.39. The van der Waals surface area contributed by atoms with Crippen molar-refractivity contribution in [2.45, 2.75) is 49.1 Å². The van der Waals surface area contributed by atoms with Gasteiger partial charge in [-0.2, -0.15) is 4.98 Å². The lowest BCUT2D eigenvalue weighted by Crippen LogP contribution is -2.15. The predicted molar refractivity (Wildman–Crippen MR) is 117 cm³/mol. The molecule has 1 aliphatic carbocycles. The maximum Gasteiger partial charge on any atom is 0.237 e. The molecule has 9 heteroatoms. The van der Waals surface area contributed by atoms with Gasteiger partial charge in [0.1, 0.15) is 0 Å². The van der Waals surface area contributed by atoms with Gasteiger partial charge in [0.2, 0.25) is 17.5 Å². The summed E-state index contributed by atoms with van der Waals surface area (Å²) in [6.45, 7) is 0. The van der Waals surface area contributed by atoms with Gasteiger partial charge in [-0.25, -0.2) is 0 Å². The van der Waals surface area contributed by atoms with Crippen LogP contribution >= 0.6 is 27.7 Å². The maximum atomic E-state index is 5.61. The lowest BCUT2D eigenvalue weighted by Gasteiger charge is -2.25. The summed E-state index contributed by atoms with van der Waals surface area (Å²) in [7, 11) is 0. The van der Waals surface area contributed by atoms with Crippen LogP contribution in [0.4, 0.5) is 0 Å². The molecule has 0 atom stereocenters. The van der Waals surface area contributed by atoms with Crippen LogP contribution in [0.2, 0.25) is 0 Å². The third-order valence-corrected chi connectivity index (χ3v) is 6.64. The van der Waals surface area contributed by atoms with E-state index in [9.17, 15) is 0 Å². The van der Waals surface area contributed by atoms with Crippen molar-refractivity contribution in [3.05, 3.63) is 53.0 Å². The zero-order valence-corrected chi connectivity index (χ0v) is 18.6. The van der Waals surface area contributed by atoms with E-state index in [-0.39, 0.29) is 0 Å². The topological polar surface area (TPSA) is 82.8 Å². The largest absolute Gasteiger partial charge is 0.461 e. The van der Waals surface area contributed by atoms with Gasteiger partial charge in [-0.3, -0.25) is 4.57 Å². The number of hydrogen-bond donors (Lipinski definition) is 0. The molecule has 0 spiro atoms. The average Bonchev–Trinajstić information content (AvgIpc) is 3.53. The van der Waals surface area contributed by atoms with E-state index in [1.54, 1.807) is 18.0 Å². The molecule has 0 amide bonds. The van der Waals surface area contributed by atoms with Gasteiger partial charge in [-0.15, -0.1) is 10.2 Å². The first kappa shape index (κ1) is 19.6. The Morgan fingerprint density at radius 1 is 1.10 bits per heavy atom. The fourth-order valence-electron chi connectivity index (χ4n) is 3.80. The fraction of sp³-hybridized carbons (Fsp3) is 0.333. The second-order valence-electron chi connectivity index (χ2n) is 7.26. The molecular formula is C21H20BrN5O2S. The first-order valence-corrected chi connectivity index (χ1v) is 11.8. The lowest BCUT2D eigenvalue weighted by molar-refractivity contribution is 0.337. The Morgan fingerprint density at radius 2 is 2.00 bits per heavy atom. The van der Waals surface area contributed by atoms with Crippen molar-refractivity contribution in [2.75, 3.05) is 0 Å². The van der Waals surface area contributed by atoms with Gasteiger partial charge in [0.05, 0.1) is 12.0 Å². The minimum atomic E-state index is 0.385. The SMILES string of the molecule is Brc1cccc(-c2noc(CSc3nnc(-c4ccco4)n3C3CCCCC3)n2)c1. The summed E-state index contributed by atoms with van der Waals surface area (Å²) in [6, 6.07) is 12.0. The van der Waals surface area contributed by atoms with Crippen LogP contribution in [0.25, 0.3) is 23.0 Å². The van der Waals surface area contributed by atoms with Gasteiger partial charge >= 0.3 is 0 Å². The van der Waals surface area contributed by atoms with Crippen molar-refractivity contribution in [1.29, 1.82) is 0 Å². The summed E-state index contributed by atoms with van der Waals surface area (Å²) in [6.07, 6.45) is 7.68. The molecule has 4 aromatic rings. The highest BCUT2D eigenvalue weighted by Crippen LogP contribution is 2.36. The Balaban J connectivity index is 1.37. The highest BCUT2D eigenvalue weighted by atomic mass is 79.9. The average molecular weight is 486 g/mol. The van der Waals surface area contributed by atoms with E-state index in [2.05, 4.69) is 40.8 Å². The summed E-state index contributed by atoms with van der Waals surface area (Å²) in [5.41, 5.74) is 0.912. The van der Waals surface area contributed by atoms with Crippen molar-refractivity contribution in [3.63, 3.8) is 0 Å². The Labute approximate surface area is 186 Å². The van der Waals surface area contributed by atoms with Crippen LogP contribution in [0.3, 0.4) is 0 Å². The lowest BCUT2D eigenvalue weighted by atomic mass is 9.95. The molecule has 7 nitrogen and oxygen atoms in total. The summed E-state index contributed by atoms with van der Waals surface area (Å²) in [5.74, 6) is 3.21. The number of aromatic nitrogens is 5. The van der Waals surface area contributed by atoms with Gasteiger partial charge < -0.3 is 8.94 Å². The van der Waals surface area contributed by atoms with E-state index < -0.39 is 0 Å². The van der Waals surface area contributed by atoms with Crippen molar-refractivity contribution in [2.24, 2.45) is 0 Å². The Kier molecular flexibility index (Phi) is 5.72. The third kappa shape index (κ3) is 4.09. The number of benzene rings is 1. The van der Waals surface area contributed by atoms with Crippen molar-refractivity contribution < 1.29 is 8.94 Å². The van der Waals surface area contributed by atoms with Crippen LogP contribution in [0.15, 0.2) is 61.2 Å². The zero-order chi connectivity index (χ0) is 20.3. The zero-order valence-electron chi connectivity index (χ0n) is 16.2. The summed E-state index contributed by atoms with van der Waals surface area (Å²) in [5, 5.41) is 13.9. The molecule has 0 saturated heterocycles. The minimum Gasteiger partial charge on any atom is -0.461 e. The minimum absolute atomic E-state index is 0.385.